The average Bonchev–Trinajstić information content (AvgIpc) is 2.41. The highest BCUT2D eigenvalue weighted by Gasteiger charge is 2.06. The predicted molar refractivity (Wildman–Crippen MR) is 77.8 cm³/mol. The molecular weight excluding hydrogens is 238 g/mol. The number of carboxylic acid groups (broad SMARTS) is 1. The highest BCUT2D eigenvalue weighted by molar-refractivity contribution is 5.88. The number of aromatic carboxylic acids is 1. The fourth-order valence-electron chi connectivity index (χ4n) is 2.48. The molecule has 19 heavy (non-hydrogen) atoms. The Morgan fingerprint density at radius 2 is 2.21 bits per heavy atom. The first kappa shape index (κ1) is 13.7. The topological polar surface area (TPSA) is 49.3 Å². The SMILES string of the molecule is Cc1cc(C(=O)O)ccc1NCCC1=CCCCC1. The van der Waals surface area contributed by atoms with E-state index in [-0.39, 0.29) is 0 Å². The van der Waals surface area contributed by atoms with Gasteiger partial charge < -0.3 is 10.4 Å². The van der Waals surface area contributed by atoms with Crippen LogP contribution in [0.4, 0.5) is 5.69 Å². The molecule has 102 valence electrons. The van der Waals surface area contributed by atoms with E-state index in [1.54, 1.807) is 17.7 Å². The summed E-state index contributed by atoms with van der Waals surface area (Å²) < 4.78 is 0. The lowest BCUT2D eigenvalue weighted by atomic mass is 9.97. The lowest BCUT2D eigenvalue weighted by molar-refractivity contribution is 0.0697. The molecule has 1 aliphatic carbocycles. The first-order valence-electron chi connectivity index (χ1n) is 6.92. The molecule has 0 amide bonds. The Balaban J connectivity index is 1.89. The smallest absolute Gasteiger partial charge is 0.335 e. The van der Waals surface area contributed by atoms with E-state index in [1.807, 2.05) is 13.0 Å². The molecule has 2 N–H and O–H groups in total. The largest absolute Gasteiger partial charge is 0.478 e. The molecule has 0 aliphatic heterocycles. The van der Waals surface area contributed by atoms with Crippen LogP contribution in [0.5, 0.6) is 0 Å². The zero-order valence-corrected chi connectivity index (χ0v) is 11.4. The Kier molecular flexibility index (Phi) is 4.61. The lowest BCUT2D eigenvalue weighted by Gasteiger charge is -2.14. The maximum Gasteiger partial charge on any atom is 0.335 e. The Labute approximate surface area is 114 Å². The summed E-state index contributed by atoms with van der Waals surface area (Å²) in [5, 5.41) is 12.3. The second-order valence-electron chi connectivity index (χ2n) is 5.12. The van der Waals surface area contributed by atoms with Crippen molar-refractivity contribution in [3.63, 3.8) is 0 Å². The molecule has 3 heteroatoms. The molecule has 0 atom stereocenters. The third kappa shape index (κ3) is 3.85. The van der Waals surface area contributed by atoms with Gasteiger partial charge in [0.05, 0.1) is 5.56 Å². The van der Waals surface area contributed by atoms with Gasteiger partial charge in [-0.05, 0) is 62.8 Å². The van der Waals surface area contributed by atoms with Crippen molar-refractivity contribution in [1.29, 1.82) is 0 Å². The molecule has 0 radical (unpaired) electrons. The van der Waals surface area contributed by atoms with Crippen molar-refractivity contribution in [2.75, 3.05) is 11.9 Å². The zero-order chi connectivity index (χ0) is 13.7. The number of rotatable bonds is 5. The molecule has 0 saturated heterocycles. The van der Waals surface area contributed by atoms with Gasteiger partial charge >= 0.3 is 5.97 Å². The van der Waals surface area contributed by atoms with Crippen LogP contribution >= 0.6 is 0 Å². The molecule has 2 rings (SSSR count). The minimum atomic E-state index is -0.873. The number of aryl methyl sites for hydroxylation is 1. The summed E-state index contributed by atoms with van der Waals surface area (Å²) in [6, 6.07) is 5.22. The second-order valence-corrected chi connectivity index (χ2v) is 5.12. The highest BCUT2D eigenvalue weighted by atomic mass is 16.4. The third-order valence-corrected chi connectivity index (χ3v) is 3.62. The van der Waals surface area contributed by atoms with Crippen LogP contribution in [-0.2, 0) is 0 Å². The summed E-state index contributed by atoms with van der Waals surface area (Å²) in [5.74, 6) is -0.873. The summed E-state index contributed by atoms with van der Waals surface area (Å²) >= 11 is 0. The molecule has 0 fully saturated rings. The quantitative estimate of drug-likeness (QED) is 0.786. The van der Waals surface area contributed by atoms with Crippen LogP contribution < -0.4 is 5.32 Å². The molecular formula is C16H21NO2. The second kappa shape index (κ2) is 6.41. The van der Waals surface area contributed by atoms with Gasteiger partial charge in [0.15, 0.2) is 0 Å². The maximum absolute atomic E-state index is 10.9. The highest BCUT2D eigenvalue weighted by Crippen LogP contribution is 2.21. The lowest BCUT2D eigenvalue weighted by Crippen LogP contribution is -2.06. The zero-order valence-electron chi connectivity index (χ0n) is 11.4. The van der Waals surface area contributed by atoms with E-state index in [4.69, 9.17) is 5.11 Å². The first-order valence-corrected chi connectivity index (χ1v) is 6.92. The molecule has 0 spiro atoms. The number of carbonyl (C=O) groups is 1. The molecule has 3 nitrogen and oxygen atoms in total. The number of hydrogen-bond donors (Lipinski definition) is 2. The molecule has 0 bridgehead atoms. The minimum Gasteiger partial charge on any atom is -0.478 e. The van der Waals surface area contributed by atoms with E-state index in [9.17, 15) is 4.79 Å². The Hall–Kier alpha value is -1.77. The van der Waals surface area contributed by atoms with Crippen molar-refractivity contribution in [2.24, 2.45) is 0 Å². The summed E-state index contributed by atoms with van der Waals surface area (Å²) in [4.78, 5) is 10.9. The van der Waals surface area contributed by atoms with Crippen LogP contribution in [0, 0.1) is 6.92 Å². The molecule has 1 aromatic carbocycles. The van der Waals surface area contributed by atoms with Gasteiger partial charge in [-0.2, -0.15) is 0 Å². The normalized spacial score (nSPS) is 14.9. The summed E-state index contributed by atoms with van der Waals surface area (Å²) in [6.07, 6.45) is 8.55. The molecule has 1 aliphatic rings. The Morgan fingerprint density at radius 3 is 2.84 bits per heavy atom. The predicted octanol–water partition coefficient (Wildman–Crippen LogP) is 4.00. The van der Waals surface area contributed by atoms with Gasteiger partial charge in [-0.25, -0.2) is 4.79 Å². The van der Waals surface area contributed by atoms with Crippen molar-refractivity contribution in [2.45, 2.75) is 39.0 Å². The summed E-state index contributed by atoms with van der Waals surface area (Å²) in [5.41, 5.74) is 3.91. The fraction of sp³-hybridized carbons (Fsp3) is 0.438. The van der Waals surface area contributed by atoms with Crippen molar-refractivity contribution < 1.29 is 9.90 Å². The number of anilines is 1. The molecule has 1 aromatic rings. The van der Waals surface area contributed by atoms with E-state index in [0.717, 1.165) is 24.2 Å². The van der Waals surface area contributed by atoms with Crippen molar-refractivity contribution in [1.82, 2.24) is 0 Å². The van der Waals surface area contributed by atoms with E-state index in [2.05, 4.69) is 11.4 Å². The van der Waals surface area contributed by atoms with Crippen molar-refractivity contribution in [3.05, 3.63) is 41.0 Å². The van der Waals surface area contributed by atoms with Gasteiger partial charge in [-0.15, -0.1) is 0 Å². The molecule has 0 saturated carbocycles. The van der Waals surface area contributed by atoms with Crippen LogP contribution in [0.1, 0.15) is 48.0 Å². The van der Waals surface area contributed by atoms with E-state index in [1.165, 1.54) is 25.7 Å². The van der Waals surface area contributed by atoms with Crippen molar-refractivity contribution in [3.8, 4) is 0 Å². The number of carboxylic acids is 1. The molecule has 0 heterocycles. The number of nitrogens with one attached hydrogen (secondary N) is 1. The number of allylic oxidation sites excluding steroid dienone is 1. The third-order valence-electron chi connectivity index (χ3n) is 3.62. The first-order chi connectivity index (χ1) is 9.16. The van der Waals surface area contributed by atoms with Gasteiger partial charge in [-0.3, -0.25) is 0 Å². The number of benzene rings is 1. The standard InChI is InChI=1S/C16H21NO2/c1-12-11-14(16(18)19)7-8-15(12)17-10-9-13-5-3-2-4-6-13/h5,7-8,11,17H,2-4,6,9-10H2,1H3,(H,18,19). The van der Waals surface area contributed by atoms with Gasteiger partial charge in [0, 0.05) is 12.2 Å². The summed E-state index contributed by atoms with van der Waals surface area (Å²) in [6.45, 7) is 2.85. The molecule has 0 aromatic heterocycles. The maximum atomic E-state index is 10.9. The van der Waals surface area contributed by atoms with Crippen LogP contribution in [0.3, 0.4) is 0 Å². The van der Waals surface area contributed by atoms with Crippen LogP contribution in [0.15, 0.2) is 29.8 Å². The van der Waals surface area contributed by atoms with Crippen molar-refractivity contribution >= 4 is 11.7 Å². The Morgan fingerprint density at radius 1 is 1.37 bits per heavy atom. The van der Waals surface area contributed by atoms with Crippen LogP contribution in [-0.4, -0.2) is 17.6 Å². The average molecular weight is 259 g/mol. The monoisotopic (exact) mass is 259 g/mol. The van der Waals surface area contributed by atoms with Gasteiger partial charge in [-0.1, -0.05) is 11.6 Å². The van der Waals surface area contributed by atoms with E-state index in [0.29, 0.717) is 5.56 Å². The van der Waals surface area contributed by atoms with E-state index >= 15 is 0 Å². The summed E-state index contributed by atoms with van der Waals surface area (Å²) in [7, 11) is 0. The van der Waals surface area contributed by atoms with E-state index < -0.39 is 5.97 Å². The number of hydrogen-bond acceptors (Lipinski definition) is 2. The molecule has 0 unspecified atom stereocenters. The van der Waals surface area contributed by atoms with Gasteiger partial charge in [0.2, 0.25) is 0 Å². The van der Waals surface area contributed by atoms with Crippen LogP contribution in [0.2, 0.25) is 0 Å². The fourth-order valence-corrected chi connectivity index (χ4v) is 2.48. The van der Waals surface area contributed by atoms with Gasteiger partial charge in [0.25, 0.3) is 0 Å². The Bertz CT molecular complexity index is 492. The van der Waals surface area contributed by atoms with Gasteiger partial charge in [0.1, 0.15) is 0 Å². The van der Waals surface area contributed by atoms with Crippen LogP contribution in [0.25, 0.3) is 0 Å². The minimum absolute atomic E-state index is 0.345.